The van der Waals surface area contributed by atoms with Gasteiger partial charge in [0.15, 0.2) is 0 Å². The number of nitrogens with one attached hydrogen (secondary N) is 1. The zero-order valence-corrected chi connectivity index (χ0v) is 17.9. The number of hydrogen-bond acceptors (Lipinski definition) is 4. The average Bonchev–Trinajstić information content (AvgIpc) is 3.13. The molecule has 0 aliphatic carbocycles. The number of carbonyl (C=O) groups is 2. The van der Waals surface area contributed by atoms with Crippen LogP contribution in [0.15, 0.2) is 48.5 Å². The number of carbonyl (C=O) groups excluding carboxylic acids is 2. The van der Waals surface area contributed by atoms with Gasteiger partial charge in [-0.2, -0.15) is 0 Å². The lowest BCUT2D eigenvalue weighted by Gasteiger charge is -2.21. The number of imidazole rings is 1. The first-order valence-corrected chi connectivity index (χ1v) is 10.2. The Hall–Kier alpha value is -3.35. The lowest BCUT2D eigenvalue weighted by atomic mass is 10.2. The predicted octanol–water partition coefficient (Wildman–Crippen LogP) is 3.40. The topological polar surface area (TPSA) is 76.5 Å². The zero-order valence-electron chi connectivity index (χ0n) is 17.9. The summed E-state index contributed by atoms with van der Waals surface area (Å²) < 4.78 is 7.10. The second kappa shape index (κ2) is 9.43. The van der Waals surface area contributed by atoms with Crippen molar-refractivity contribution in [1.82, 2.24) is 19.8 Å². The van der Waals surface area contributed by atoms with Gasteiger partial charge in [0.1, 0.15) is 18.1 Å². The first kappa shape index (κ1) is 21.4. The molecule has 158 valence electrons. The normalized spacial score (nSPS) is 11.9. The van der Waals surface area contributed by atoms with Crippen LogP contribution in [0.2, 0.25) is 0 Å². The minimum Gasteiger partial charge on any atom is -0.497 e. The fraction of sp³-hybridized carbons (Fsp3) is 0.348. The maximum Gasteiger partial charge on any atom is 0.251 e. The van der Waals surface area contributed by atoms with Crippen molar-refractivity contribution in [3.63, 3.8) is 0 Å². The largest absolute Gasteiger partial charge is 0.497 e. The third-order valence-electron chi connectivity index (χ3n) is 5.16. The van der Waals surface area contributed by atoms with Crippen LogP contribution >= 0.6 is 0 Å². The Bertz CT molecular complexity index is 1040. The molecule has 2 aromatic carbocycles. The Labute approximate surface area is 176 Å². The molecular weight excluding hydrogens is 380 g/mol. The summed E-state index contributed by atoms with van der Waals surface area (Å²) in [5.74, 6) is 1.06. The third kappa shape index (κ3) is 4.45. The molecule has 1 heterocycles. The van der Waals surface area contributed by atoms with Gasteiger partial charge in [0.25, 0.3) is 5.91 Å². The second-order valence-corrected chi connectivity index (χ2v) is 7.04. The molecule has 1 N–H and O–H groups in total. The van der Waals surface area contributed by atoms with Crippen molar-refractivity contribution in [2.24, 2.45) is 0 Å². The third-order valence-corrected chi connectivity index (χ3v) is 5.16. The van der Waals surface area contributed by atoms with E-state index in [1.54, 1.807) is 36.3 Å². The Morgan fingerprint density at radius 3 is 2.57 bits per heavy atom. The van der Waals surface area contributed by atoms with E-state index in [0.29, 0.717) is 30.2 Å². The zero-order chi connectivity index (χ0) is 21.7. The summed E-state index contributed by atoms with van der Waals surface area (Å²) in [6, 6.07) is 14.3. The summed E-state index contributed by atoms with van der Waals surface area (Å²) in [7, 11) is 1.56. The van der Waals surface area contributed by atoms with Crippen LogP contribution in [0.3, 0.4) is 0 Å². The van der Waals surface area contributed by atoms with E-state index in [0.717, 1.165) is 11.0 Å². The number of methoxy groups -OCH3 is 1. The number of fused-ring (bicyclic) bond motifs is 1. The number of aromatic nitrogens is 2. The molecule has 0 aliphatic heterocycles. The first-order valence-electron chi connectivity index (χ1n) is 10.2. The monoisotopic (exact) mass is 408 g/mol. The van der Waals surface area contributed by atoms with E-state index in [1.165, 1.54) is 0 Å². The summed E-state index contributed by atoms with van der Waals surface area (Å²) in [5, 5.41) is 2.99. The summed E-state index contributed by atoms with van der Waals surface area (Å²) >= 11 is 0. The van der Waals surface area contributed by atoms with E-state index in [2.05, 4.69) is 5.32 Å². The highest BCUT2D eigenvalue weighted by Gasteiger charge is 2.22. The fourth-order valence-electron chi connectivity index (χ4n) is 3.51. The molecule has 0 saturated carbocycles. The molecule has 2 amide bonds. The summed E-state index contributed by atoms with van der Waals surface area (Å²) in [5.41, 5.74) is 2.17. The van der Waals surface area contributed by atoms with Gasteiger partial charge < -0.3 is 19.5 Å². The van der Waals surface area contributed by atoms with E-state index in [1.807, 2.05) is 49.6 Å². The SMILES string of the molecule is CCN(CC)C(=O)Cn1c(C(C)NC(=O)c2cccc(OC)c2)nc2ccccc21. The number of amides is 2. The lowest BCUT2D eigenvalue weighted by Crippen LogP contribution is -2.35. The van der Waals surface area contributed by atoms with Gasteiger partial charge in [-0.3, -0.25) is 9.59 Å². The molecule has 0 fully saturated rings. The van der Waals surface area contributed by atoms with Crippen molar-refractivity contribution in [1.29, 1.82) is 0 Å². The summed E-state index contributed by atoms with van der Waals surface area (Å²) in [4.78, 5) is 32.0. The molecule has 0 bridgehead atoms. The lowest BCUT2D eigenvalue weighted by molar-refractivity contribution is -0.131. The number of likely N-dealkylation sites (N-methyl/N-ethyl adjacent to an activating group) is 1. The van der Waals surface area contributed by atoms with Crippen LogP contribution in [0.1, 0.15) is 43.0 Å². The standard InChI is InChI=1S/C23H28N4O3/c1-5-26(6-2)21(28)15-27-20-13-8-7-12-19(20)25-22(27)16(3)24-23(29)17-10-9-11-18(14-17)30-4/h7-14,16H,5-6,15H2,1-4H3,(H,24,29). The number of hydrogen-bond donors (Lipinski definition) is 1. The van der Waals surface area contributed by atoms with E-state index in [4.69, 9.17) is 9.72 Å². The number of para-hydroxylation sites is 2. The Kier molecular flexibility index (Phi) is 6.72. The molecule has 7 nitrogen and oxygen atoms in total. The maximum atomic E-state index is 12.8. The van der Waals surface area contributed by atoms with Crippen molar-refractivity contribution < 1.29 is 14.3 Å². The molecule has 0 saturated heterocycles. The highest BCUT2D eigenvalue weighted by molar-refractivity contribution is 5.94. The maximum absolute atomic E-state index is 12.8. The van der Waals surface area contributed by atoms with Crippen LogP contribution in [0, 0.1) is 0 Å². The van der Waals surface area contributed by atoms with E-state index in [-0.39, 0.29) is 24.4 Å². The molecule has 0 aliphatic rings. The number of nitrogens with zero attached hydrogens (tertiary/aromatic N) is 3. The number of benzene rings is 2. The molecule has 1 unspecified atom stereocenters. The van der Waals surface area contributed by atoms with Gasteiger partial charge in [-0.1, -0.05) is 18.2 Å². The van der Waals surface area contributed by atoms with Crippen molar-refractivity contribution >= 4 is 22.8 Å². The molecule has 0 radical (unpaired) electrons. The predicted molar refractivity (Wildman–Crippen MR) is 117 cm³/mol. The molecule has 3 aromatic rings. The molecule has 0 spiro atoms. The quantitative estimate of drug-likeness (QED) is 0.620. The van der Waals surface area contributed by atoms with Crippen LogP contribution in [-0.2, 0) is 11.3 Å². The highest BCUT2D eigenvalue weighted by atomic mass is 16.5. The minimum atomic E-state index is -0.388. The van der Waals surface area contributed by atoms with Crippen molar-refractivity contribution in [3.8, 4) is 5.75 Å². The van der Waals surface area contributed by atoms with Gasteiger partial charge in [0.05, 0.1) is 24.2 Å². The van der Waals surface area contributed by atoms with Crippen molar-refractivity contribution in [3.05, 3.63) is 59.9 Å². The van der Waals surface area contributed by atoms with Gasteiger partial charge in [0.2, 0.25) is 5.91 Å². The number of rotatable bonds is 8. The molecule has 1 atom stereocenters. The van der Waals surface area contributed by atoms with Gasteiger partial charge in [-0.15, -0.1) is 0 Å². The van der Waals surface area contributed by atoms with Crippen LogP contribution < -0.4 is 10.1 Å². The minimum absolute atomic E-state index is 0.0238. The van der Waals surface area contributed by atoms with Crippen LogP contribution in [0.5, 0.6) is 5.75 Å². The Morgan fingerprint density at radius 1 is 1.13 bits per heavy atom. The Balaban J connectivity index is 1.90. The number of ether oxygens (including phenoxy) is 1. The summed E-state index contributed by atoms with van der Waals surface area (Å²) in [6.45, 7) is 7.28. The van der Waals surface area contributed by atoms with Gasteiger partial charge in [-0.05, 0) is 51.1 Å². The van der Waals surface area contributed by atoms with Crippen LogP contribution in [0.4, 0.5) is 0 Å². The highest BCUT2D eigenvalue weighted by Crippen LogP contribution is 2.22. The molecule has 3 rings (SSSR count). The molecule has 30 heavy (non-hydrogen) atoms. The van der Waals surface area contributed by atoms with E-state index < -0.39 is 0 Å². The van der Waals surface area contributed by atoms with Gasteiger partial charge >= 0.3 is 0 Å². The van der Waals surface area contributed by atoms with Crippen LogP contribution in [-0.4, -0.2) is 46.5 Å². The average molecular weight is 409 g/mol. The van der Waals surface area contributed by atoms with Gasteiger partial charge in [-0.25, -0.2) is 4.98 Å². The summed E-state index contributed by atoms with van der Waals surface area (Å²) in [6.07, 6.45) is 0. The van der Waals surface area contributed by atoms with Gasteiger partial charge in [0, 0.05) is 18.7 Å². The fourth-order valence-corrected chi connectivity index (χ4v) is 3.51. The van der Waals surface area contributed by atoms with Crippen LogP contribution in [0.25, 0.3) is 11.0 Å². The smallest absolute Gasteiger partial charge is 0.251 e. The van der Waals surface area contributed by atoms with Crippen molar-refractivity contribution in [2.75, 3.05) is 20.2 Å². The first-order chi connectivity index (χ1) is 14.5. The molecule has 1 aromatic heterocycles. The second-order valence-electron chi connectivity index (χ2n) is 7.04. The molecule has 7 heteroatoms. The molecular formula is C23H28N4O3. The Morgan fingerprint density at radius 2 is 1.87 bits per heavy atom. The van der Waals surface area contributed by atoms with E-state index >= 15 is 0 Å². The van der Waals surface area contributed by atoms with E-state index in [9.17, 15) is 9.59 Å². The van der Waals surface area contributed by atoms with Crippen molar-refractivity contribution in [2.45, 2.75) is 33.4 Å².